The molecule has 23 heavy (non-hydrogen) atoms. The van der Waals surface area contributed by atoms with E-state index < -0.39 is 13.0 Å². The first kappa shape index (κ1) is 16.8. The molecule has 1 aromatic rings. The van der Waals surface area contributed by atoms with Crippen molar-refractivity contribution in [3.8, 4) is 0 Å². The van der Waals surface area contributed by atoms with E-state index in [4.69, 9.17) is 4.74 Å². The summed E-state index contributed by atoms with van der Waals surface area (Å²) in [6.45, 7) is 3.46. The van der Waals surface area contributed by atoms with Crippen LogP contribution in [0.5, 0.6) is 0 Å². The lowest BCUT2D eigenvalue weighted by Crippen LogP contribution is -2.38. The SMILES string of the molecule is Cn1ccnc1CN(CCOCC(F)F)C1CC12CCNCC2. The molecule has 1 atom stereocenters. The molecule has 0 amide bonds. The number of piperidine rings is 1. The third-order valence-electron chi connectivity index (χ3n) is 5.22. The van der Waals surface area contributed by atoms with Crippen LogP contribution in [-0.4, -0.2) is 59.8 Å². The zero-order valence-electron chi connectivity index (χ0n) is 13.7. The zero-order chi connectivity index (χ0) is 16.3. The molecule has 0 radical (unpaired) electrons. The van der Waals surface area contributed by atoms with E-state index >= 15 is 0 Å². The zero-order valence-corrected chi connectivity index (χ0v) is 13.7. The second-order valence-electron chi connectivity index (χ2n) is 6.72. The van der Waals surface area contributed by atoms with Crippen LogP contribution in [0.4, 0.5) is 8.78 Å². The molecule has 2 fully saturated rings. The molecule has 2 heterocycles. The molecule has 130 valence electrons. The van der Waals surface area contributed by atoms with Gasteiger partial charge in [-0.2, -0.15) is 0 Å². The van der Waals surface area contributed by atoms with Crippen molar-refractivity contribution in [3.63, 3.8) is 0 Å². The lowest BCUT2D eigenvalue weighted by molar-refractivity contribution is 0.00641. The summed E-state index contributed by atoms with van der Waals surface area (Å²) in [5.74, 6) is 1.01. The maximum Gasteiger partial charge on any atom is 0.261 e. The molecule has 1 aliphatic heterocycles. The van der Waals surface area contributed by atoms with Gasteiger partial charge in [0.15, 0.2) is 0 Å². The molecular weight excluding hydrogens is 302 g/mol. The van der Waals surface area contributed by atoms with Crippen molar-refractivity contribution in [2.45, 2.75) is 38.3 Å². The Hall–Kier alpha value is -1.05. The minimum atomic E-state index is -2.39. The van der Waals surface area contributed by atoms with Crippen LogP contribution in [0.1, 0.15) is 25.1 Å². The first-order valence-corrected chi connectivity index (χ1v) is 8.38. The molecule has 5 nitrogen and oxygen atoms in total. The van der Waals surface area contributed by atoms with Gasteiger partial charge >= 0.3 is 0 Å². The molecule has 1 aromatic heterocycles. The van der Waals surface area contributed by atoms with E-state index in [-0.39, 0.29) is 0 Å². The minimum absolute atomic E-state index is 0.347. The van der Waals surface area contributed by atoms with Crippen molar-refractivity contribution >= 4 is 0 Å². The van der Waals surface area contributed by atoms with Crippen molar-refractivity contribution < 1.29 is 13.5 Å². The first-order valence-electron chi connectivity index (χ1n) is 8.38. The van der Waals surface area contributed by atoms with Gasteiger partial charge in [0.25, 0.3) is 6.43 Å². The van der Waals surface area contributed by atoms with Gasteiger partial charge in [0.2, 0.25) is 0 Å². The van der Waals surface area contributed by atoms with E-state index in [0.717, 1.165) is 25.5 Å². The molecule has 0 bridgehead atoms. The Balaban J connectivity index is 1.58. The monoisotopic (exact) mass is 328 g/mol. The molecule has 1 spiro atoms. The van der Waals surface area contributed by atoms with Crippen molar-refractivity contribution in [2.24, 2.45) is 12.5 Å². The highest BCUT2D eigenvalue weighted by atomic mass is 19.3. The van der Waals surface area contributed by atoms with E-state index in [1.807, 2.05) is 17.8 Å². The number of ether oxygens (including phenoxy) is 1. The molecule has 1 unspecified atom stereocenters. The molecule has 1 saturated heterocycles. The van der Waals surface area contributed by atoms with Crippen molar-refractivity contribution in [1.29, 1.82) is 0 Å². The van der Waals surface area contributed by atoms with Crippen LogP contribution in [-0.2, 0) is 18.3 Å². The van der Waals surface area contributed by atoms with Crippen molar-refractivity contribution in [1.82, 2.24) is 19.8 Å². The summed E-state index contributed by atoms with van der Waals surface area (Å²) in [5, 5.41) is 3.42. The van der Waals surface area contributed by atoms with Gasteiger partial charge in [-0.15, -0.1) is 0 Å². The van der Waals surface area contributed by atoms with Crippen LogP contribution in [0.2, 0.25) is 0 Å². The van der Waals surface area contributed by atoms with Gasteiger partial charge in [-0.25, -0.2) is 13.8 Å². The fraction of sp³-hybridized carbons (Fsp3) is 0.812. The average molecular weight is 328 g/mol. The second-order valence-corrected chi connectivity index (χ2v) is 6.72. The van der Waals surface area contributed by atoms with Gasteiger partial charge in [0, 0.05) is 32.0 Å². The third-order valence-corrected chi connectivity index (χ3v) is 5.22. The average Bonchev–Trinajstić information content (AvgIpc) is 3.05. The quantitative estimate of drug-likeness (QED) is 0.737. The van der Waals surface area contributed by atoms with Gasteiger partial charge in [0.05, 0.1) is 13.2 Å². The number of rotatable bonds is 8. The summed E-state index contributed by atoms with van der Waals surface area (Å²) in [5.41, 5.74) is 0.416. The fourth-order valence-corrected chi connectivity index (χ4v) is 3.73. The minimum Gasteiger partial charge on any atom is -0.374 e. The summed E-state index contributed by atoms with van der Waals surface area (Å²) in [7, 11) is 1.99. The number of aryl methyl sites for hydroxylation is 1. The fourth-order valence-electron chi connectivity index (χ4n) is 3.73. The third kappa shape index (κ3) is 4.08. The lowest BCUT2D eigenvalue weighted by Gasteiger charge is -2.29. The molecular formula is C16H26F2N4O. The van der Waals surface area contributed by atoms with Crippen LogP contribution in [0, 0.1) is 5.41 Å². The number of nitrogens with zero attached hydrogens (tertiary/aromatic N) is 3. The van der Waals surface area contributed by atoms with Crippen molar-refractivity contribution in [2.75, 3.05) is 32.8 Å². The highest BCUT2D eigenvalue weighted by Gasteiger charge is 2.56. The number of alkyl halides is 2. The summed E-state index contributed by atoms with van der Waals surface area (Å²) >= 11 is 0. The summed E-state index contributed by atoms with van der Waals surface area (Å²) < 4.78 is 31.5. The van der Waals surface area contributed by atoms with E-state index in [2.05, 4.69) is 15.2 Å². The molecule has 3 rings (SSSR count). The summed E-state index contributed by atoms with van der Waals surface area (Å²) in [6.07, 6.45) is 4.95. The Kier molecular flexibility index (Phi) is 5.28. The number of nitrogens with one attached hydrogen (secondary N) is 1. The van der Waals surface area contributed by atoms with Crippen LogP contribution in [0.3, 0.4) is 0 Å². The first-order chi connectivity index (χ1) is 11.1. The van der Waals surface area contributed by atoms with Gasteiger partial charge in [-0.1, -0.05) is 0 Å². The van der Waals surface area contributed by atoms with E-state index in [1.54, 1.807) is 6.20 Å². The molecule has 1 saturated carbocycles. The van der Waals surface area contributed by atoms with Crippen LogP contribution < -0.4 is 5.32 Å². The number of hydrogen-bond acceptors (Lipinski definition) is 4. The van der Waals surface area contributed by atoms with Gasteiger partial charge in [0.1, 0.15) is 12.4 Å². The van der Waals surface area contributed by atoms with E-state index in [9.17, 15) is 8.78 Å². The smallest absolute Gasteiger partial charge is 0.261 e. The van der Waals surface area contributed by atoms with E-state index in [1.165, 1.54) is 19.3 Å². The highest BCUT2D eigenvalue weighted by molar-refractivity contribution is 5.11. The maximum atomic E-state index is 12.2. The van der Waals surface area contributed by atoms with Gasteiger partial charge in [-0.05, 0) is 37.8 Å². The normalized spacial score (nSPS) is 23.1. The molecule has 1 N–H and O–H groups in total. The van der Waals surface area contributed by atoms with Crippen LogP contribution in [0.15, 0.2) is 12.4 Å². The van der Waals surface area contributed by atoms with Crippen LogP contribution in [0.25, 0.3) is 0 Å². The Morgan fingerprint density at radius 2 is 2.26 bits per heavy atom. The largest absolute Gasteiger partial charge is 0.374 e. The molecule has 1 aliphatic carbocycles. The lowest BCUT2D eigenvalue weighted by atomic mass is 9.93. The van der Waals surface area contributed by atoms with Crippen molar-refractivity contribution in [3.05, 3.63) is 18.2 Å². The predicted octanol–water partition coefficient (Wildman–Crippen LogP) is 1.65. The standard InChI is InChI=1S/C16H26F2N4O/c1-21-7-6-20-15(21)11-22(8-9-23-12-14(17)18)13-10-16(13)2-4-19-5-3-16/h6-7,13-14,19H,2-5,8-12H2,1H3. The molecule has 2 aliphatic rings. The summed E-state index contributed by atoms with van der Waals surface area (Å²) in [4.78, 5) is 6.78. The number of aromatic nitrogens is 2. The Bertz CT molecular complexity index is 502. The Labute approximate surface area is 136 Å². The Morgan fingerprint density at radius 1 is 1.48 bits per heavy atom. The van der Waals surface area contributed by atoms with Crippen LogP contribution >= 0.6 is 0 Å². The Morgan fingerprint density at radius 3 is 2.91 bits per heavy atom. The second kappa shape index (κ2) is 7.23. The predicted molar refractivity (Wildman–Crippen MR) is 83.4 cm³/mol. The maximum absolute atomic E-state index is 12.2. The number of halogens is 2. The van der Waals surface area contributed by atoms with E-state index in [0.29, 0.717) is 24.6 Å². The summed E-state index contributed by atoms with van der Waals surface area (Å²) in [6, 6.07) is 0.524. The highest BCUT2D eigenvalue weighted by Crippen LogP contribution is 2.55. The van der Waals surface area contributed by atoms with Gasteiger partial charge < -0.3 is 14.6 Å². The topological polar surface area (TPSA) is 42.3 Å². The number of imidazole rings is 1. The number of hydrogen-bond donors (Lipinski definition) is 1. The molecule has 0 aromatic carbocycles. The van der Waals surface area contributed by atoms with Gasteiger partial charge in [-0.3, -0.25) is 4.90 Å². The molecule has 7 heteroatoms.